The van der Waals surface area contributed by atoms with Crippen LogP contribution in [-0.4, -0.2) is 42.8 Å². The van der Waals surface area contributed by atoms with E-state index < -0.39 is 5.60 Å². The molecule has 26 heavy (non-hydrogen) atoms. The highest BCUT2D eigenvalue weighted by molar-refractivity contribution is 14.1. The fraction of sp³-hybridized carbons (Fsp3) is 0.611. The van der Waals surface area contributed by atoms with Crippen LogP contribution in [0.15, 0.2) is 11.2 Å². The van der Waals surface area contributed by atoms with Crippen LogP contribution in [0.4, 0.5) is 10.5 Å². The van der Waals surface area contributed by atoms with Gasteiger partial charge in [0.05, 0.1) is 6.54 Å². The fourth-order valence-electron chi connectivity index (χ4n) is 3.10. The smallest absolute Gasteiger partial charge is 0.410 e. The molecule has 0 saturated carbocycles. The number of benzene rings is 1. The van der Waals surface area contributed by atoms with Crippen molar-refractivity contribution >= 4 is 34.4 Å². The molecule has 1 saturated heterocycles. The Balaban J connectivity index is 2.17. The lowest BCUT2D eigenvalue weighted by Gasteiger charge is -2.38. The molecule has 0 aliphatic carbocycles. The molecule has 142 valence electrons. The summed E-state index contributed by atoms with van der Waals surface area (Å²) in [5, 5.41) is 3.72. The highest BCUT2D eigenvalue weighted by Gasteiger charge is 2.27. The molecule has 0 bridgehead atoms. The summed E-state index contributed by atoms with van der Waals surface area (Å²) in [5.74, 6) is 0. The summed E-state index contributed by atoms with van der Waals surface area (Å²) in [4.78, 5) is 19.2. The third-order valence-electron chi connectivity index (χ3n) is 4.40. The van der Waals surface area contributed by atoms with Gasteiger partial charge in [-0.2, -0.15) is 0 Å². The predicted molar refractivity (Wildman–Crippen MR) is 112 cm³/mol. The van der Waals surface area contributed by atoms with Gasteiger partial charge in [0.25, 0.3) is 0 Å². The number of hydrogen-bond donors (Lipinski definition) is 0. The Hall–Kier alpha value is -1.67. The van der Waals surface area contributed by atoms with Gasteiger partial charge in [-0.3, -0.25) is 0 Å². The highest BCUT2D eigenvalue weighted by atomic mass is 127. The maximum absolute atomic E-state index is 12.3. The van der Waals surface area contributed by atoms with Crippen LogP contribution in [0.5, 0.6) is 0 Å². The number of carbonyl (C=O) groups excluding carboxylic acids is 1. The molecule has 1 aromatic rings. The highest BCUT2D eigenvalue weighted by Crippen LogP contribution is 2.32. The molecule has 0 aromatic heterocycles. The molecule has 1 aromatic carbocycles. The van der Waals surface area contributed by atoms with Crippen LogP contribution >= 0.6 is 22.6 Å². The average Bonchev–Trinajstić information content (AvgIpc) is 2.56. The molecule has 1 fully saturated rings. The van der Waals surface area contributed by atoms with Crippen molar-refractivity contribution in [3.05, 3.63) is 36.8 Å². The quantitative estimate of drug-likeness (QED) is 0.276. The zero-order valence-corrected chi connectivity index (χ0v) is 18.2. The topological polar surface area (TPSA) is 81.5 Å². The number of anilines is 1. The molecular weight excluding hydrogens is 445 g/mol. The second-order valence-electron chi connectivity index (χ2n) is 7.46. The molecule has 0 N–H and O–H groups in total. The van der Waals surface area contributed by atoms with Crippen molar-refractivity contribution < 1.29 is 9.53 Å². The largest absolute Gasteiger partial charge is 0.444 e. The molecule has 0 atom stereocenters. The number of azide groups is 1. The number of hydrogen-bond acceptors (Lipinski definition) is 4. The summed E-state index contributed by atoms with van der Waals surface area (Å²) in [6.45, 7) is 12.9. The van der Waals surface area contributed by atoms with Gasteiger partial charge in [-0.25, -0.2) is 4.79 Å². The van der Waals surface area contributed by atoms with Crippen molar-refractivity contribution in [1.29, 1.82) is 0 Å². The maximum Gasteiger partial charge on any atom is 0.410 e. The Labute approximate surface area is 168 Å². The third kappa shape index (κ3) is 4.94. The SMILES string of the molecule is Cc1c(I)cc(CN=[N+]=[N-])c(C)c1N1CCN(C(=O)OC(C)(C)C)CC1. The Kier molecular flexibility index (Phi) is 6.63. The lowest BCUT2D eigenvalue weighted by molar-refractivity contribution is 0.0240. The van der Waals surface area contributed by atoms with Gasteiger partial charge in [-0.15, -0.1) is 0 Å². The zero-order valence-electron chi connectivity index (χ0n) is 16.0. The normalized spacial score (nSPS) is 14.8. The molecule has 1 heterocycles. The average molecular weight is 471 g/mol. The first-order valence-corrected chi connectivity index (χ1v) is 9.74. The van der Waals surface area contributed by atoms with E-state index in [4.69, 9.17) is 10.3 Å². The van der Waals surface area contributed by atoms with Crippen molar-refractivity contribution in [3.8, 4) is 0 Å². The van der Waals surface area contributed by atoms with Gasteiger partial charge in [-0.05, 0) is 85.5 Å². The molecule has 0 unspecified atom stereocenters. The number of piperazine rings is 1. The molecule has 0 spiro atoms. The second-order valence-corrected chi connectivity index (χ2v) is 8.62. The van der Waals surface area contributed by atoms with Gasteiger partial charge in [-0.1, -0.05) is 5.11 Å². The van der Waals surface area contributed by atoms with E-state index in [-0.39, 0.29) is 6.09 Å². The fourth-order valence-corrected chi connectivity index (χ4v) is 3.73. The predicted octanol–water partition coefficient (Wildman–Crippen LogP) is 4.78. The standard InChI is InChI=1S/C18H26IN5O2/c1-12-14(11-21-22-20)10-15(19)13(2)16(12)23-6-8-24(9-7-23)17(25)26-18(3,4)5/h10H,6-9,11H2,1-5H3. The van der Waals surface area contributed by atoms with E-state index >= 15 is 0 Å². The van der Waals surface area contributed by atoms with Crippen LogP contribution in [-0.2, 0) is 11.3 Å². The number of nitrogens with zero attached hydrogens (tertiary/aromatic N) is 5. The Morgan fingerprint density at radius 1 is 1.27 bits per heavy atom. The van der Waals surface area contributed by atoms with E-state index in [0.717, 1.165) is 27.8 Å². The lowest BCUT2D eigenvalue weighted by Crippen LogP contribution is -2.50. The number of carbonyl (C=O) groups is 1. The molecular formula is C18H26IN5O2. The number of ether oxygens (including phenoxy) is 1. The van der Waals surface area contributed by atoms with Crippen LogP contribution < -0.4 is 4.90 Å². The van der Waals surface area contributed by atoms with Gasteiger partial charge in [0.1, 0.15) is 5.60 Å². The second kappa shape index (κ2) is 8.35. The molecule has 0 radical (unpaired) electrons. The van der Waals surface area contributed by atoms with E-state index in [9.17, 15) is 4.79 Å². The molecule has 2 rings (SSSR count). The molecule has 1 amide bonds. The summed E-state index contributed by atoms with van der Waals surface area (Å²) in [6, 6.07) is 2.08. The summed E-state index contributed by atoms with van der Waals surface area (Å²) < 4.78 is 6.62. The van der Waals surface area contributed by atoms with Crippen LogP contribution in [0.3, 0.4) is 0 Å². The minimum atomic E-state index is -0.479. The van der Waals surface area contributed by atoms with Crippen LogP contribution in [0.25, 0.3) is 10.4 Å². The summed E-state index contributed by atoms with van der Waals surface area (Å²) in [5.41, 5.74) is 12.7. The monoisotopic (exact) mass is 471 g/mol. The molecule has 1 aliphatic rings. The van der Waals surface area contributed by atoms with E-state index in [2.05, 4.69) is 57.4 Å². The number of amides is 1. The molecule has 1 aliphatic heterocycles. The van der Waals surface area contributed by atoms with E-state index in [1.54, 1.807) is 4.90 Å². The van der Waals surface area contributed by atoms with Crippen LogP contribution in [0.1, 0.15) is 37.5 Å². The first-order chi connectivity index (χ1) is 12.1. The van der Waals surface area contributed by atoms with E-state index in [1.165, 1.54) is 11.3 Å². The first-order valence-electron chi connectivity index (χ1n) is 8.66. The minimum absolute atomic E-state index is 0.253. The van der Waals surface area contributed by atoms with Crippen molar-refractivity contribution in [2.75, 3.05) is 31.1 Å². The third-order valence-corrected chi connectivity index (χ3v) is 5.52. The van der Waals surface area contributed by atoms with Crippen LogP contribution in [0, 0.1) is 17.4 Å². The first kappa shape index (κ1) is 20.6. The van der Waals surface area contributed by atoms with Crippen molar-refractivity contribution in [3.63, 3.8) is 0 Å². The maximum atomic E-state index is 12.3. The number of halogens is 1. The van der Waals surface area contributed by atoms with Gasteiger partial charge in [0.15, 0.2) is 0 Å². The Bertz CT molecular complexity index is 730. The van der Waals surface area contributed by atoms with Gasteiger partial charge < -0.3 is 14.5 Å². The minimum Gasteiger partial charge on any atom is -0.444 e. The summed E-state index contributed by atoms with van der Waals surface area (Å²) in [6.07, 6.45) is -0.253. The van der Waals surface area contributed by atoms with Crippen molar-refractivity contribution in [2.24, 2.45) is 5.11 Å². The van der Waals surface area contributed by atoms with E-state index in [1.807, 2.05) is 20.8 Å². The van der Waals surface area contributed by atoms with Gasteiger partial charge in [0, 0.05) is 40.3 Å². The Morgan fingerprint density at radius 3 is 2.42 bits per heavy atom. The number of rotatable bonds is 3. The lowest BCUT2D eigenvalue weighted by atomic mass is 10.0. The van der Waals surface area contributed by atoms with Gasteiger partial charge >= 0.3 is 6.09 Å². The molecule has 8 heteroatoms. The van der Waals surface area contributed by atoms with Gasteiger partial charge in [0.2, 0.25) is 0 Å². The van der Waals surface area contributed by atoms with Crippen LogP contribution in [0.2, 0.25) is 0 Å². The summed E-state index contributed by atoms with van der Waals surface area (Å²) in [7, 11) is 0. The van der Waals surface area contributed by atoms with Crippen molar-refractivity contribution in [1.82, 2.24) is 4.90 Å². The van der Waals surface area contributed by atoms with E-state index in [0.29, 0.717) is 19.6 Å². The summed E-state index contributed by atoms with van der Waals surface area (Å²) >= 11 is 2.32. The molecule has 7 nitrogen and oxygen atoms in total. The zero-order chi connectivity index (χ0) is 19.5. The van der Waals surface area contributed by atoms with Crippen molar-refractivity contribution in [2.45, 2.75) is 46.8 Å². The Morgan fingerprint density at radius 2 is 1.88 bits per heavy atom.